The normalized spacial score (nSPS) is 15.4. The second kappa shape index (κ2) is 9.48. The summed E-state index contributed by atoms with van der Waals surface area (Å²) in [7, 11) is 0. The molecule has 3 rings (SSSR count). The molecular formula is C21H28N4O3. The van der Waals surface area contributed by atoms with Gasteiger partial charge in [-0.05, 0) is 37.5 Å². The number of rotatable bonds is 8. The van der Waals surface area contributed by atoms with Crippen LogP contribution >= 0.6 is 0 Å². The van der Waals surface area contributed by atoms with Crippen LogP contribution < -0.4 is 10.6 Å². The van der Waals surface area contributed by atoms with Crippen molar-refractivity contribution in [2.45, 2.75) is 58.3 Å². The number of carbonyl (C=O) groups excluding carboxylic acids is 2. The molecule has 0 bridgehead atoms. The van der Waals surface area contributed by atoms with Crippen LogP contribution in [0.5, 0.6) is 0 Å². The second-order valence-electron chi connectivity index (χ2n) is 7.42. The molecule has 7 heteroatoms. The van der Waals surface area contributed by atoms with E-state index >= 15 is 0 Å². The maximum absolute atomic E-state index is 12.4. The average Bonchev–Trinajstić information content (AvgIpc) is 3.39. The van der Waals surface area contributed by atoms with E-state index in [1.165, 1.54) is 12.8 Å². The third kappa shape index (κ3) is 5.18. The summed E-state index contributed by atoms with van der Waals surface area (Å²) in [5.74, 6) is 1.43. The van der Waals surface area contributed by atoms with Gasteiger partial charge in [0, 0.05) is 36.1 Å². The van der Waals surface area contributed by atoms with Crippen molar-refractivity contribution in [3.05, 3.63) is 41.5 Å². The summed E-state index contributed by atoms with van der Waals surface area (Å²) in [6.07, 6.45) is 5.95. The van der Waals surface area contributed by atoms with Crippen molar-refractivity contribution in [1.29, 1.82) is 0 Å². The molecule has 150 valence electrons. The number of hydrogen-bond acceptors (Lipinski definition) is 5. The zero-order valence-corrected chi connectivity index (χ0v) is 16.5. The molecule has 0 aliphatic heterocycles. The summed E-state index contributed by atoms with van der Waals surface area (Å²) in [6, 6.07) is 6.94. The lowest BCUT2D eigenvalue weighted by Gasteiger charge is -2.11. The van der Waals surface area contributed by atoms with E-state index < -0.39 is 0 Å². The van der Waals surface area contributed by atoms with Gasteiger partial charge in [0.15, 0.2) is 5.82 Å². The van der Waals surface area contributed by atoms with Crippen LogP contribution in [0.25, 0.3) is 0 Å². The second-order valence-corrected chi connectivity index (χ2v) is 7.42. The first-order valence-electron chi connectivity index (χ1n) is 10.1. The van der Waals surface area contributed by atoms with E-state index in [4.69, 9.17) is 4.52 Å². The number of aromatic nitrogens is 2. The highest BCUT2D eigenvalue weighted by atomic mass is 16.5. The Bertz CT molecular complexity index is 811. The predicted molar refractivity (Wildman–Crippen MR) is 106 cm³/mol. The maximum atomic E-state index is 12.4. The number of anilines is 1. The van der Waals surface area contributed by atoms with Gasteiger partial charge in [-0.25, -0.2) is 0 Å². The van der Waals surface area contributed by atoms with Crippen LogP contribution in [0.3, 0.4) is 0 Å². The highest BCUT2D eigenvalue weighted by Crippen LogP contribution is 2.32. The number of nitrogens with one attached hydrogen (secondary N) is 2. The van der Waals surface area contributed by atoms with E-state index in [-0.39, 0.29) is 17.7 Å². The lowest BCUT2D eigenvalue weighted by atomic mass is 10.1. The topological polar surface area (TPSA) is 97.1 Å². The van der Waals surface area contributed by atoms with Crippen molar-refractivity contribution < 1.29 is 14.1 Å². The standard InChI is InChI=1S/C21H28N4O3/c1-3-14(2)19(26)23-17-10-6-9-16(13-17)20(27)22-12-11-18-24-21(28-25-18)15-7-4-5-8-15/h6,9-10,13-15H,3-5,7-8,11-12H2,1-2H3,(H,22,27)(H,23,26). The fourth-order valence-electron chi connectivity index (χ4n) is 3.29. The Morgan fingerprint density at radius 1 is 1.29 bits per heavy atom. The minimum absolute atomic E-state index is 0.0461. The van der Waals surface area contributed by atoms with Crippen LogP contribution in [0, 0.1) is 5.92 Å². The first kappa shape index (κ1) is 20.0. The zero-order chi connectivity index (χ0) is 19.9. The predicted octanol–water partition coefficient (Wildman–Crippen LogP) is 3.68. The quantitative estimate of drug-likeness (QED) is 0.723. The Hall–Kier alpha value is -2.70. The largest absolute Gasteiger partial charge is 0.352 e. The summed E-state index contributed by atoms with van der Waals surface area (Å²) in [5, 5.41) is 9.73. The molecule has 1 saturated carbocycles. The molecule has 28 heavy (non-hydrogen) atoms. The molecular weight excluding hydrogens is 356 g/mol. The molecule has 0 saturated heterocycles. The Kier molecular flexibility index (Phi) is 6.79. The van der Waals surface area contributed by atoms with Crippen molar-refractivity contribution in [2.75, 3.05) is 11.9 Å². The van der Waals surface area contributed by atoms with Crippen molar-refractivity contribution in [2.24, 2.45) is 5.92 Å². The molecule has 1 aromatic carbocycles. The highest BCUT2D eigenvalue weighted by molar-refractivity contribution is 5.97. The monoisotopic (exact) mass is 384 g/mol. The molecule has 1 aliphatic rings. The van der Waals surface area contributed by atoms with E-state index in [1.807, 2.05) is 13.8 Å². The molecule has 1 fully saturated rings. The summed E-state index contributed by atoms with van der Waals surface area (Å²) < 4.78 is 5.36. The van der Waals surface area contributed by atoms with Crippen molar-refractivity contribution in [3.8, 4) is 0 Å². The Morgan fingerprint density at radius 3 is 2.82 bits per heavy atom. The summed E-state index contributed by atoms with van der Waals surface area (Å²) >= 11 is 0. The lowest BCUT2D eigenvalue weighted by Crippen LogP contribution is -2.26. The van der Waals surface area contributed by atoms with Gasteiger partial charge in [-0.15, -0.1) is 0 Å². The van der Waals surface area contributed by atoms with Crippen molar-refractivity contribution >= 4 is 17.5 Å². The average molecular weight is 384 g/mol. The molecule has 1 aliphatic carbocycles. The molecule has 7 nitrogen and oxygen atoms in total. The first-order chi connectivity index (χ1) is 13.6. The fourth-order valence-corrected chi connectivity index (χ4v) is 3.29. The number of carbonyl (C=O) groups is 2. The highest BCUT2D eigenvalue weighted by Gasteiger charge is 2.22. The lowest BCUT2D eigenvalue weighted by molar-refractivity contribution is -0.119. The number of amides is 2. The Morgan fingerprint density at radius 2 is 2.07 bits per heavy atom. The van der Waals surface area contributed by atoms with E-state index in [0.29, 0.717) is 36.0 Å². The minimum Gasteiger partial charge on any atom is -0.352 e. The van der Waals surface area contributed by atoms with E-state index in [0.717, 1.165) is 25.2 Å². The Balaban J connectivity index is 1.49. The molecule has 1 aromatic heterocycles. The molecule has 0 radical (unpaired) electrons. The third-order valence-electron chi connectivity index (χ3n) is 5.27. The van der Waals surface area contributed by atoms with Crippen LogP contribution in [0.1, 0.15) is 73.9 Å². The molecule has 2 amide bonds. The SMILES string of the molecule is CCC(C)C(=O)Nc1cccc(C(=O)NCCc2noc(C3CCCC3)n2)c1. The fraction of sp³-hybridized carbons (Fsp3) is 0.524. The van der Waals surface area contributed by atoms with E-state index in [9.17, 15) is 9.59 Å². The third-order valence-corrected chi connectivity index (χ3v) is 5.27. The van der Waals surface area contributed by atoms with Gasteiger partial charge in [-0.1, -0.05) is 37.9 Å². The van der Waals surface area contributed by atoms with Gasteiger partial charge in [0.2, 0.25) is 11.8 Å². The van der Waals surface area contributed by atoms with Gasteiger partial charge in [0.25, 0.3) is 5.91 Å². The van der Waals surface area contributed by atoms with Gasteiger partial charge >= 0.3 is 0 Å². The maximum Gasteiger partial charge on any atom is 0.251 e. The van der Waals surface area contributed by atoms with Gasteiger partial charge in [0.1, 0.15) is 0 Å². The Labute approximate surface area is 165 Å². The molecule has 1 unspecified atom stereocenters. The number of nitrogens with zero attached hydrogens (tertiary/aromatic N) is 2. The van der Waals surface area contributed by atoms with Crippen molar-refractivity contribution in [3.63, 3.8) is 0 Å². The van der Waals surface area contributed by atoms with E-state index in [1.54, 1.807) is 24.3 Å². The number of benzene rings is 1. The molecule has 1 atom stereocenters. The van der Waals surface area contributed by atoms with Crippen LogP contribution in [0.2, 0.25) is 0 Å². The number of hydrogen-bond donors (Lipinski definition) is 2. The van der Waals surface area contributed by atoms with Gasteiger partial charge in [-0.3, -0.25) is 9.59 Å². The smallest absolute Gasteiger partial charge is 0.251 e. The molecule has 1 heterocycles. The summed E-state index contributed by atoms with van der Waals surface area (Å²) in [4.78, 5) is 28.9. The van der Waals surface area contributed by atoms with Gasteiger partial charge in [-0.2, -0.15) is 4.98 Å². The minimum atomic E-state index is -0.195. The van der Waals surface area contributed by atoms with Crippen LogP contribution in [0.15, 0.2) is 28.8 Å². The zero-order valence-electron chi connectivity index (χ0n) is 16.5. The first-order valence-corrected chi connectivity index (χ1v) is 10.1. The summed E-state index contributed by atoms with van der Waals surface area (Å²) in [6.45, 7) is 4.27. The molecule has 2 aromatic rings. The van der Waals surface area contributed by atoms with Crippen LogP contribution in [0.4, 0.5) is 5.69 Å². The van der Waals surface area contributed by atoms with Gasteiger partial charge in [0.05, 0.1) is 0 Å². The van der Waals surface area contributed by atoms with Crippen molar-refractivity contribution in [1.82, 2.24) is 15.5 Å². The van der Waals surface area contributed by atoms with Crippen LogP contribution in [-0.4, -0.2) is 28.5 Å². The summed E-state index contributed by atoms with van der Waals surface area (Å²) in [5.41, 5.74) is 1.12. The van der Waals surface area contributed by atoms with E-state index in [2.05, 4.69) is 20.8 Å². The van der Waals surface area contributed by atoms with Gasteiger partial charge < -0.3 is 15.2 Å². The molecule has 0 spiro atoms. The van der Waals surface area contributed by atoms with Crippen LogP contribution in [-0.2, 0) is 11.2 Å². The molecule has 2 N–H and O–H groups in total.